The van der Waals surface area contributed by atoms with Gasteiger partial charge in [0.15, 0.2) is 0 Å². The molecule has 0 spiro atoms. The molecule has 148 valence electrons. The molecular weight excluding hydrogens is 370 g/mol. The smallest absolute Gasteiger partial charge is 0.328 e. The first-order valence-corrected chi connectivity index (χ1v) is 10.6. The number of rotatable bonds is 8. The van der Waals surface area contributed by atoms with Crippen LogP contribution in [0.4, 0.5) is 0 Å². The summed E-state index contributed by atoms with van der Waals surface area (Å²) in [7, 11) is -3.47. The Hall–Kier alpha value is -2.26. The maximum absolute atomic E-state index is 12.6. The van der Waals surface area contributed by atoms with Crippen molar-refractivity contribution in [2.24, 2.45) is 0 Å². The van der Waals surface area contributed by atoms with E-state index < -0.39 is 21.9 Å². The van der Waals surface area contributed by atoms with Gasteiger partial charge in [-0.3, -0.25) is 9.78 Å². The third kappa shape index (κ3) is 7.10. The number of carbonyl (C=O) groups excluding carboxylic acids is 1. The van der Waals surface area contributed by atoms with E-state index in [4.69, 9.17) is 5.11 Å². The SMILES string of the molecule is O=C(O)C=CC(=O)N(CCS(=O)(=O)N1CCCCCC1)Cc1ccncc1. The summed E-state index contributed by atoms with van der Waals surface area (Å²) < 4.78 is 26.8. The molecule has 1 aromatic rings. The van der Waals surface area contributed by atoms with Gasteiger partial charge in [0.2, 0.25) is 15.9 Å². The van der Waals surface area contributed by atoms with E-state index in [1.807, 2.05) is 0 Å². The molecule has 0 aliphatic carbocycles. The van der Waals surface area contributed by atoms with Crippen LogP contribution >= 0.6 is 0 Å². The summed E-state index contributed by atoms with van der Waals surface area (Å²) in [5, 5.41) is 8.72. The molecule has 1 aliphatic heterocycles. The average Bonchev–Trinajstić information content (AvgIpc) is 2.94. The predicted molar refractivity (Wildman–Crippen MR) is 100 cm³/mol. The first kappa shape index (κ1) is 21.0. The molecule has 27 heavy (non-hydrogen) atoms. The Kier molecular flexibility index (Phi) is 7.93. The molecule has 0 bridgehead atoms. The summed E-state index contributed by atoms with van der Waals surface area (Å²) in [6.07, 6.45) is 8.61. The van der Waals surface area contributed by atoms with Crippen LogP contribution in [0.15, 0.2) is 36.7 Å². The largest absolute Gasteiger partial charge is 0.478 e. The van der Waals surface area contributed by atoms with Crippen molar-refractivity contribution in [1.29, 1.82) is 0 Å². The minimum absolute atomic E-state index is 0.00997. The summed E-state index contributed by atoms with van der Waals surface area (Å²) in [5.41, 5.74) is 0.786. The molecule has 8 nitrogen and oxygen atoms in total. The molecule has 0 saturated carbocycles. The summed E-state index contributed by atoms with van der Waals surface area (Å²) >= 11 is 0. The molecule has 0 aromatic carbocycles. The van der Waals surface area contributed by atoms with Crippen LogP contribution in [0.3, 0.4) is 0 Å². The Morgan fingerprint density at radius 2 is 1.74 bits per heavy atom. The molecule has 1 N–H and O–H groups in total. The number of sulfonamides is 1. The van der Waals surface area contributed by atoms with Gasteiger partial charge in [-0.1, -0.05) is 12.8 Å². The second-order valence-electron chi connectivity index (χ2n) is 6.42. The van der Waals surface area contributed by atoms with Crippen LogP contribution in [-0.4, -0.2) is 65.0 Å². The van der Waals surface area contributed by atoms with Crippen molar-refractivity contribution in [3.8, 4) is 0 Å². The van der Waals surface area contributed by atoms with Gasteiger partial charge in [0, 0.05) is 50.7 Å². The number of amides is 1. The molecule has 1 amide bonds. The zero-order valence-electron chi connectivity index (χ0n) is 15.2. The van der Waals surface area contributed by atoms with Gasteiger partial charge in [0.05, 0.1) is 5.75 Å². The van der Waals surface area contributed by atoms with E-state index in [-0.39, 0.29) is 18.8 Å². The fourth-order valence-corrected chi connectivity index (χ4v) is 4.42. The highest BCUT2D eigenvalue weighted by atomic mass is 32.2. The van der Waals surface area contributed by atoms with Crippen LogP contribution in [0.5, 0.6) is 0 Å². The zero-order chi connectivity index (χ0) is 19.7. The Morgan fingerprint density at radius 3 is 2.33 bits per heavy atom. The highest BCUT2D eigenvalue weighted by molar-refractivity contribution is 7.89. The molecule has 9 heteroatoms. The number of carboxylic acid groups (broad SMARTS) is 1. The molecule has 2 heterocycles. The minimum Gasteiger partial charge on any atom is -0.478 e. The molecule has 1 fully saturated rings. The van der Waals surface area contributed by atoms with Crippen molar-refractivity contribution in [3.05, 3.63) is 42.2 Å². The van der Waals surface area contributed by atoms with Crippen LogP contribution in [0.1, 0.15) is 31.2 Å². The molecule has 0 radical (unpaired) electrons. The lowest BCUT2D eigenvalue weighted by molar-refractivity contribution is -0.132. The van der Waals surface area contributed by atoms with E-state index in [2.05, 4.69) is 4.98 Å². The van der Waals surface area contributed by atoms with Crippen molar-refractivity contribution in [1.82, 2.24) is 14.2 Å². The number of aromatic nitrogens is 1. The van der Waals surface area contributed by atoms with Gasteiger partial charge < -0.3 is 10.0 Å². The van der Waals surface area contributed by atoms with Gasteiger partial charge in [-0.15, -0.1) is 0 Å². The Bertz CT molecular complexity index is 756. The predicted octanol–water partition coefficient (Wildman–Crippen LogP) is 1.26. The zero-order valence-corrected chi connectivity index (χ0v) is 16.0. The molecule has 1 aromatic heterocycles. The van der Waals surface area contributed by atoms with Gasteiger partial charge in [-0.2, -0.15) is 0 Å². The van der Waals surface area contributed by atoms with Crippen LogP contribution in [0.2, 0.25) is 0 Å². The average molecular weight is 395 g/mol. The maximum Gasteiger partial charge on any atom is 0.328 e. The lowest BCUT2D eigenvalue weighted by Gasteiger charge is -2.24. The Morgan fingerprint density at radius 1 is 1.11 bits per heavy atom. The van der Waals surface area contributed by atoms with Crippen molar-refractivity contribution >= 4 is 21.9 Å². The topological polar surface area (TPSA) is 108 Å². The van der Waals surface area contributed by atoms with E-state index in [0.717, 1.165) is 43.4 Å². The van der Waals surface area contributed by atoms with E-state index >= 15 is 0 Å². The third-order valence-electron chi connectivity index (χ3n) is 4.38. The second kappa shape index (κ2) is 10.2. The van der Waals surface area contributed by atoms with Crippen LogP contribution in [0.25, 0.3) is 0 Å². The van der Waals surface area contributed by atoms with E-state index in [9.17, 15) is 18.0 Å². The van der Waals surface area contributed by atoms with Gasteiger partial charge in [-0.25, -0.2) is 17.5 Å². The van der Waals surface area contributed by atoms with Gasteiger partial charge in [0.1, 0.15) is 0 Å². The van der Waals surface area contributed by atoms with E-state index in [1.165, 1.54) is 9.21 Å². The van der Waals surface area contributed by atoms with Gasteiger partial charge >= 0.3 is 5.97 Å². The number of hydrogen-bond acceptors (Lipinski definition) is 5. The summed E-state index contributed by atoms with van der Waals surface area (Å²) in [5.74, 6) is -1.96. The highest BCUT2D eigenvalue weighted by Crippen LogP contribution is 2.14. The summed E-state index contributed by atoms with van der Waals surface area (Å²) in [4.78, 5) is 28.3. The lowest BCUT2D eigenvalue weighted by atomic mass is 10.2. The summed E-state index contributed by atoms with van der Waals surface area (Å²) in [6, 6.07) is 3.45. The lowest BCUT2D eigenvalue weighted by Crippen LogP contribution is -2.39. The summed E-state index contributed by atoms with van der Waals surface area (Å²) in [6.45, 7) is 1.20. The highest BCUT2D eigenvalue weighted by Gasteiger charge is 2.24. The molecular formula is C18H25N3O5S. The van der Waals surface area contributed by atoms with Gasteiger partial charge in [-0.05, 0) is 30.5 Å². The van der Waals surface area contributed by atoms with Gasteiger partial charge in [0.25, 0.3) is 0 Å². The molecule has 0 unspecified atom stereocenters. The standard InChI is InChI=1S/C18H25N3O5S/c22-17(5-6-18(23)24)20(15-16-7-9-19-10-8-16)13-14-27(25,26)21-11-3-1-2-4-12-21/h5-10H,1-4,11-15H2,(H,23,24). The molecule has 0 atom stereocenters. The van der Waals surface area contributed by atoms with E-state index in [1.54, 1.807) is 24.5 Å². The van der Waals surface area contributed by atoms with Crippen molar-refractivity contribution in [2.75, 3.05) is 25.4 Å². The Labute approximate surface area is 159 Å². The van der Waals surface area contributed by atoms with Crippen molar-refractivity contribution in [3.63, 3.8) is 0 Å². The molecule has 1 saturated heterocycles. The fourth-order valence-electron chi connectivity index (χ4n) is 2.90. The van der Waals surface area contributed by atoms with Crippen molar-refractivity contribution < 1.29 is 23.1 Å². The fraction of sp³-hybridized carbons (Fsp3) is 0.500. The number of nitrogens with zero attached hydrogens (tertiary/aromatic N) is 3. The second-order valence-corrected chi connectivity index (χ2v) is 8.50. The molecule has 2 rings (SSSR count). The maximum atomic E-state index is 12.6. The number of aliphatic carboxylic acids is 1. The van der Waals surface area contributed by atoms with Crippen LogP contribution in [-0.2, 0) is 26.2 Å². The van der Waals surface area contributed by atoms with Crippen LogP contribution < -0.4 is 0 Å². The monoisotopic (exact) mass is 395 g/mol. The van der Waals surface area contributed by atoms with E-state index in [0.29, 0.717) is 13.1 Å². The number of carboxylic acids is 1. The third-order valence-corrected chi connectivity index (χ3v) is 6.23. The molecule has 1 aliphatic rings. The number of hydrogen-bond donors (Lipinski definition) is 1. The quantitative estimate of drug-likeness (QED) is 0.664. The minimum atomic E-state index is -3.47. The first-order valence-electron chi connectivity index (χ1n) is 8.95. The number of carbonyl (C=O) groups is 2. The van der Waals surface area contributed by atoms with Crippen LogP contribution in [0, 0.1) is 0 Å². The first-order chi connectivity index (χ1) is 12.9. The normalized spacial score (nSPS) is 16.1. The Balaban J connectivity index is 2.08. The number of pyridine rings is 1. The van der Waals surface area contributed by atoms with Crippen molar-refractivity contribution in [2.45, 2.75) is 32.2 Å².